The topological polar surface area (TPSA) is 74.0 Å². The Morgan fingerprint density at radius 3 is 2.65 bits per heavy atom. The van der Waals surface area contributed by atoms with Crippen LogP contribution in [0.4, 0.5) is 0 Å². The summed E-state index contributed by atoms with van der Waals surface area (Å²) >= 11 is 0. The zero-order valence-corrected chi connectivity index (χ0v) is 13.1. The second-order valence-electron chi connectivity index (χ2n) is 5.95. The van der Waals surface area contributed by atoms with E-state index in [1.54, 1.807) is 12.1 Å². The van der Waals surface area contributed by atoms with Gasteiger partial charge in [0.15, 0.2) is 0 Å². The molecule has 1 amide bonds. The van der Waals surface area contributed by atoms with E-state index in [0.717, 1.165) is 24.9 Å². The lowest BCUT2D eigenvalue weighted by atomic mass is 9.99. The van der Waals surface area contributed by atoms with Crippen molar-refractivity contribution in [2.45, 2.75) is 31.8 Å². The molecule has 0 aliphatic carbocycles. The molecule has 1 aromatic heterocycles. The Labute approximate surface area is 135 Å². The van der Waals surface area contributed by atoms with Crippen molar-refractivity contribution in [2.75, 3.05) is 6.54 Å². The van der Waals surface area contributed by atoms with Crippen LogP contribution in [0.1, 0.15) is 30.1 Å². The SMILES string of the molecule is CC1NCCCC1NC(=O)c1ccc(-c2ccccc2)[nH]c1=O. The molecule has 1 aliphatic heterocycles. The lowest BCUT2D eigenvalue weighted by Gasteiger charge is -2.30. The predicted molar refractivity (Wildman–Crippen MR) is 90.5 cm³/mol. The molecule has 0 spiro atoms. The van der Waals surface area contributed by atoms with Gasteiger partial charge in [-0.2, -0.15) is 0 Å². The van der Waals surface area contributed by atoms with Crippen molar-refractivity contribution in [1.29, 1.82) is 0 Å². The zero-order valence-electron chi connectivity index (χ0n) is 13.1. The number of aromatic amines is 1. The van der Waals surface area contributed by atoms with E-state index in [1.165, 1.54) is 0 Å². The third kappa shape index (κ3) is 3.51. The minimum atomic E-state index is -0.361. The number of pyridine rings is 1. The molecule has 2 heterocycles. The molecule has 0 saturated carbocycles. The van der Waals surface area contributed by atoms with Crippen LogP contribution in [0.2, 0.25) is 0 Å². The van der Waals surface area contributed by atoms with E-state index < -0.39 is 0 Å². The Hall–Kier alpha value is -2.40. The fourth-order valence-electron chi connectivity index (χ4n) is 2.93. The van der Waals surface area contributed by atoms with Gasteiger partial charge in [-0.05, 0) is 44.0 Å². The first kappa shape index (κ1) is 15.5. The van der Waals surface area contributed by atoms with Gasteiger partial charge in [0.25, 0.3) is 11.5 Å². The second kappa shape index (κ2) is 6.79. The number of H-pyrrole nitrogens is 1. The summed E-state index contributed by atoms with van der Waals surface area (Å²) in [6, 6.07) is 13.2. The summed E-state index contributed by atoms with van der Waals surface area (Å²) in [5, 5.41) is 6.30. The standard InChI is InChI=1S/C18H21N3O2/c1-12-15(8-5-11-19-12)20-17(22)14-9-10-16(21-18(14)23)13-6-3-2-4-7-13/h2-4,6-7,9-10,12,15,19H,5,8,11H2,1H3,(H,20,22)(H,21,23). The molecule has 2 aromatic rings. The van der Waals surface area contributed by atoms with E-state index in [1.807, 2.05) is 37.3 Å². The molecule has 2 unspecified atom stereocenters. The number of nitrogens with one attached hydrogen (secondary N) is 3. The number of amides is 1. The van der Waals surface area contributed by atoms with Gasteiger partial charge in [-0.25, -0.2) is 0 Å². The number of aromatic nitrogens is 1. The first-order chi connectivity index (χ1) is 11.1. The van der Waals surface area contributed by atoms with Crippen molar-refractivity contribution >= 4 is 5.91 Å². The van der Waals surface area contributed by atoms with Gasteiger partial charge < -0.3 is 15.6 Å². The molecule has 1 fully saturated rings. The average Bonchev–Trinajstić information content (AvgIpc) is 2.57. The number of carbonyl (C=O) groups is 1. The van der Waals surface area contributed by atoms with Gasteiger partial charge >= 0.3 is 0 Å². The van der Waals surface area contributed by atoms with Crippen molar-refractivity contribution in [3.8, 4) is 11.3 Å². The lowest BCUT2D eigenvalue weighted by Crippen LogP contribution is -2.52. The predicted octanol–water partition coefficient (Wildman–Crippen LogP) is 1.91. The number of rotatable bonds is 3. The smallest absolute Gasteiger partial charge is 0.261 e. The molecular weight excluding hydrogens is 290 g/mol. The maximum atomic E-state index is 12.4. The normalized spacial score (nSPS) is 20.9. The van der Waals surface area contributed by atoms with Crippen LogP contribution in [0.15, 0.2) is 47.3 Å². The molecule has 1 aliphatic rings. The number of carbonyl (C=O) groups excluding carboxylic acids is 1. The first-order valence-electron chi connectivity index (χ1n) is 7.98. The Kier molecular flexibility index (Phi) is 4.57. The minimum Gasteiger partial charge on any atom is -0.348 e. The highest BCUT2D eigenvalue weighted by atomic mass is 16.2. The number of hydrogen-bond donors (Lipinski definition) is 3. The van der Waals surface area contributed by atoms with Gasteiger partial charge in [-0.3, -0.25) is 9.59 Å². The second-order valence-corrected chi connectivity index (χ2v) is 5.95. The molecular formula is C18H21N3O2. The van der Waals surface area contributed by atoms with Gasteiger partial charge in [-0.1, -0.05) is 30.3 Å². The summed E-state index contributed by atoms with van der Waals surface area (Å²) in [6.07, 6.45) is 1.96. The fraction of sp³-hybridized carbons (Fsp3) is 0.333. The molecule has 0 bridgehead atoms. The van der Waals surface area contributed by atoms with E-state index in [4.69, 9.17) is 0 Å². The highest BCUT2D eigenvalue weighted by Crippen LogP contribution is 2.15. The monoisotopic (exact) mass is 311 g/mol. The van der Waals surface area contributed by atoms with Gasteiger partial charge in [0.1, 0.15) is 5.56 Å². The molecule has 5 nitrogen and oxygen atoms in total. The minimum absolute atomic E-state index is 0.0597. The molecule has 5 heteroatoms. The van der Waals surface area contributed by atoms with Crippen molar-refractivity contribution < 1.29 is 4.79 Å². The van der Waals surface area contributed by atoms with Crippen LogP contribution < -0.4 is 16.2 Å². The molecule has 2 atom stereocenters. The quantitative estimate of drug-likeness (QED) is 0.810. The summed E-state index contributed by atoms with van der Waals surface area (Å²) in [4.78, 5) is 27.4. The number of benzene rings is 1. The molecule has 1 aromatic carbocycles. The number of hydrogen-bond acceptors (Lipinski definition) is 3. The average molecular weight is 311 g/mol. The van der Waals surface area contributed by atoms with E-state index in [9.17, 15) is 9.59 Å². The third-order valence-corrected chi connectivity index (χ3v) is 4.32. The van der Waals surface area contributed by atoms with Gasteiger partial charge in [0.05, 0.1) is 0 Å². The Bertz CT molecular complexity index is 739. The van der Waals surface area contributed by atoms with Crippen LogP contribution in [0.25, 0.3) is 11.3 Å². The van der Waals surface area contributed by atoms with Crippen molar-refractivity contribution in [1.82, 2.24) is 15.6 Å². The van der Waals surface area contributed by atoms with Crippen LogP contribution in [-0.2, 0) is 0 Å². The molecule has 3 rings (SSSR count). The van der Waals surface area contributed by atoms with Gasteiger partial charge in [0, 0.05) is 17.8 Å². The fourth-order valence-corrected chi connectivity index (χ4v) is 2.93. The highest BCUT2D eigenvalue weighted by Gasteiger charge is 2.23. The van der Waals surface area contributed by atoms with Crippen molar-refractivity contribution in [3.63, 3.8) is 0 Å². The van der Waals surface area contributed by atoms with Crippen LogP contribution in [0.5, 0.6) is 0 Å². The Morgan fingerprint density at radius 2 is 1.96 bits per heavy atom. The molecule has 120 valence electrons. The maximum Gasteiger partial charge on any atom is 0.261 e. The molecule has 0 radical (unpaired) electrons. The van der Waals surface area contributed by atoms with Crippen molar-refractivity contribution in [2.24, 2.45) is 0 Å². The van der Waals surface area contributed by atoms with E-state index >= 15 is 0 Å². The van der Waals surface area contributed by atoms with Crippen LogP contribution >= 0.6 is 0 Å². The number of piperidine rings is 1. The first-order valence-corrected chi connectivity index (χ1v) is 7.98. The molecule has 23 heavy (non-hydrogen) atoms. The van der Waals surface area contributed by atoms with E-state index in [2.05, 4.69) is 15.6 Å². The summed E-state index contributed by atoms with van der Waals surface area (Å²) in [5.41, 5.74) is 1.42. The van der Waals surface area contributed by atoms with Crippen molar-refractivity contribution in [3.05, 3.63) is 58.4 Å². The highest BCUT2D eigenvalue weighted by molar-refractivity contribution is 5.94. The Balaban J connectivity index is 1.78. The molecule has 1 saturated heterocycles. The third-order valence-electron chi connectivity index (χ3n) is 4.32. The van der Waals surface area contributed by atoms with Gasteiger partial charge in [-0.15, -0.1) is 0 Å². The Morgan fingerprint density at radius 1 is 1.17 bits per heavy atom. The largest absolute Gasteiger partial charge is 0.348 e. The summed E-state index contributed by atoms with van der Waals surface area (Å²) < 4.78 is 0. The summed E-state index contributed by atoms with van der Waals surface area (Å²) in [7, 11) is 0. The van der Waals surface area contributed by atoms with Crippen LogP contribution in [-0.4, -0.2) is 29.5 Å². The zero-order chi connectivity index (χ0) is 16.2. The van der Waals surface area contributed by atoms with E-state index in [0.29, 0.717) is 5.69 Å². The van der Waals surface area contributed by atoms with E-state index in [-0.39, 0.29) is 29.1 Å². The maximum absolute atomic E-state index is 12.4. The lowest BCUT2D eigenvalue weighted by molar-refractivity contribution is 0.0918. The molecule has 3 N–H and O–H groups in total. The van der Waals surface area contributed by atoms with Gasteiger partial charge in [0.2, 0.25) is 0 Å². The summed E-state index contributed by atoms with van der Waals surface area (Å²) in [5.74, 6) is -0.314. The summed E-state index contributed by atoms with van der Waals surface area (Å²) in [6.45, 7) is 3.02. The van der Waals surface area contributed by atoms with Crippen LogP contribution in [0.3, 0.4) is 0 Å². The van der Waals surface area contributed by atoms with Crippen LogP contribution in [0, 0.1) is 0 Å².